The van der Waals surface area contributed by atoms with Crippen molar-refractivity contribution in [3.63, 3.8) is 0 Å². The van der Waals surface area contributed by atoms with E-state index in [1.54, 1.807) is 0 Å². The Balaban J connectivity index is 1.37. The SMILES string of the molecule is CC(C)N1CCC(Oc2ccc(-n3ccc(C4CCCN4C=O)c3)cc2)CC1. The number of benzene rings is 1. The normalized spacial score (nSPS) is 21.4. The molecule has 1 unspecified atom stereocenters. The Morgan fingerprint density at radius 1 is 1.04 bits per heavy atom. The first-order chi connectivity index (χ1) is 13.6. The van der Waals surface area contributed by atoms with Crippen molar-refractivity contribution in [2.45, 2.75) is 57.7 Å². The number of nitrogens with zero attached hydrogens (tertiary/aromatic N) is 3. The lowest BCUT2D eigenvalue weighted by atomic mass is 10.1. The van der Waals surface area contributed by atoms with E-state index in [1.165, 1.54) is 5.56 Å². The van der Waals surface area contributed by atoms with E-state index in [9.17, 15) is 4.79 Å². The molecule has 4 rings (SSSR count). The summed E-state index contributed by atoms with van der Waals surface area (Å²) in [5.74, 6) is 0.946. The summed E-state index contributed by atoms with van der Waals surface area (Å²) < 4.78 is 8.33. The van der Waals surface area contributed by atoms with E-state index >= 15 is 0 Å². The second-order valence-corrected chi connectivity index (χ2v) is 8.29. The number of aromatic nitrogens is 1. The number of carbonyl (C=O) groups excluding carboxylic acids is 1. The van der Waals surface area contributed by atoms with Gasteiger partial charge in [0.15, 0.2) is 0 Å². The second-order valence-electron chi connectivity index (χ2n) is 8.29. The zero-order valence-electron chi connectivity index (χ0n) is 17.0. The topological polar surface area (TPSA) is 37.7 Å². The monoisotopic (exact) mass is 381 g/mol. The Kier molecular flexibility index (Phi) is 5.72. The van der Waals surface area contributed by atoms with Gasteiger partial charge in [-0.25, -0.2) is 0 Å². The molecule has 1 amide bonds. The van der Waals surface area contributed by atoms with Crippen molar-refractivity contribution in [2.24, 2.45) is 0 Å². The number of likely N-dealkylation sites (tertiary alicyclic amines) is 2. The molecule has 2 aliphatic rings. The van der Waals surface area contributed by atoms with Gasteiger partial charge in [0, 0.05) is 43.8 Å². The minimum atomic E-state index is 0.220. The van der Waals surface area contributed by atoms with Crippen molar-refractivity contribution >= 4 is 6.41 Å². The molecule has 5 nitrogen and oxygen atoms in total. The quantitative estimate of drug-likeness (QED) is 0.709. The van der Waals surface area contributed by atoms with E-state index in [0.29, 0.717) is 12.1 Å². The van der Waals surface area contributed by atoms with Gasteiger partial charge in [-0.05, 0) is 75.4 Å². The third kappa shape index (κ3) is 4.09. The summed E-state index contributed by atoms with van der Waals surface area (Å²) in [5.41, 5.74) is 2.32. The first-order valence-electron chi connectivity index (χ1n) is 10.5. The van der Waals surface area contributed by atoms with Crippen molar-refractivity contribution in [1.82, 2.24) is 14.4 Å². The predicted molar refractivity (Wildman–Crippen MR) is 111 cm³/mol. The number of ether oxygens (including phenoxy) is 1. The smallest absolute Gasteiger partial charge is 0.210 e. The van der Waals surface area contributed by atoms with Crippen LogP contribution in [0.15, 0.2) is 42.7 Å². The Morgan fingerprint density at radius 3 is 2.46 bits per heavy atom. The molecule has 0 spiro atoms. The minimum Gasteiger partial charge on any atom is -0.490 e. The number of piperidine rings is 1. The fourth-order valence-electron chi connectivity index (χ4n) is 4.44. The standard InChI is InChI=1S/C23H31N3O2/c1-18(2)24-14-10-22(11-15-24)28-21-7-5-20(6-8-21)25-13-9-19(16-25)23-4-3-12-26(23)17-27/h5-9,13,16-18,22-23H,3-4,10-12,14-15H2,1-2H3. The average Bonchev–Trinajstić information content (AvgIpc) is 3.38. The summed E-state index contributed by atoms with van der Waals surface area (Å²) in [6, 6.07) is 11.3. The first kappa shape index (κ1) is 19.1. The molecule has 3 heterocycles. The molecular weight excluding hydrogens is 350 g/mol. The van der Waals surface area contributed by atoms with Gasteiger partial charge in [0.2, 0.25) is 6.41 Å². The number of hydrogen-bond donors (Lipinski definition) is 0. The molecule has 2 aromatic rings. The van der Waals surface area contributed by atoms with Crippen LogP contribution in [0.4, 0.5) is 0 Å². The summed E-state index contributed by atoms with van der Waals surface area (Å²) in [5, 5.41) is 0. The second kappa shape index (κ2) is 8.39. The van der Waals surface area contributed by atoms with Crippen LogP contribution in [0.5, 0.6) is 5.75 Å². The van der Waals surface area contributed by atoms with E-state index in [4.69, 9.17) is 4.74 Å². The first-order valence-corrected chi connectivity index (χ1v) is 10.5. The van der Waals surface area contributed by atoms with Gasteiger partial charge in [-0.1, -0.05) is 0 Å². The van der Waals surface area contributed by atoms with Crippen molar-refractivity contribution in [2.75, 3.05) is 19.6 Å². The molecular formula is C23H31N3O2. The maximum atomic E-state index is 11.2. The van der Waals surface area contributed by atoms with Gasteiger partial charge in [-0.2, -0.15) is 0 Å². The van der Waals surface area contributed by atoms with Crippen molar-refractivity contribution in [3.05, 3.63) is 48.3 Å². The lowest BCUT2D eigenvalue weighted by Crippen LogP contribution is -2.41. The Bertz CT molecular complexity index is 775. The largest absolute Gasteiger partial charge is 0.490 e. The summed E-state index contributed by atoms with van der Waals surface area (Å²) in [6.07, 6.45) is 9.83. The highest BCUT2D eigenvalue weighted by molar-refractivity contribution is 5.49. The van der Waals surface area contributed by atoms with Crippen LogP contribution in [0.25, 0.3) is 5.69 Å². The minimum absolute atomic E-state index is 0.220. The van der Waals surface area contributed by atoms with E-state index < -0.39 is 0 Å². The third-order valence-electron chi connectivity index (χ3n) is 6.17. The zero-order valence-corrected chi connectivity index (χ0v) is 17.0. The lowest BCUT2D eigenvalue weighted by Gasteiger charge is -2.34. The summed E-state index contributed by atoms with van der Waals surface area (Å²) in [7, 11) is 0. The van der Waals surface area contributed by atoms with Crippen LogP contribution in [-0.4, -0.2) is 52.6 Å². The molecule has 1 aromatic heterocycles. The molecule has 2 saturated heterocycles. The van der Waals surface area contributed by atoms with E-state index in [2.05, 4.69) is 66.0 Å². The van der Waals surface area contributed by atoms with Crippen LogP contribution in [0, 0.1) is 0 Å². The molecule has 2 aliphatic heterocycles. The molecule has 5 heteroatoms. The molecule has 0 saturated carbocycles. The maximum absolute atomic E-state index is 11.2. The zero-order chi connectivity index (χ0) is 19.5. The molecule has 0 N–H and O–H groups in total. The predicted octanol–water partition coefficient (Wildman–Crippen LogP) is 4.02. The molecule has 28 heavy (non-hydrogen) atoms. The number of carbonyl (C=O) groups is 1. The Labute approximate surface area is 167 Å². The maximum Gasteiger partial charge on any atom is 0.210 e. The number of amides is 1. The average molecular weight is 382 g/mol. The van der Waals surface area contributed by atoms with E-state index in [1.807, 2.05) is 4.90 Å². The van der Waals surface area contributed by atoms with Gasteiger partial charge in [-0.3, -0.25) is 4.79 Å². The van der Waals surface area contributed by atoms with Crippen molar-refractivity contribution in [3.8, 4) is 11.4 Å². The summed E-state index contributed by atoms with van der Waals surface area (Å²) in [6.45, 7) is 7.62. The summed E-state index contributed by atoms with van der Waals surface area (Å²) in [4.78, 5) is 15.6. The molecule has 0 aliphatic carbocycles. The number of hydrogen-bond acceptors (Lipinski definition) is 3. The van der Waals surface area contributed by atoms with Crippen LogP contribution in [0.2, 0.25) is 0 Å². The highest BCUT2D eigenvalue weighted by Crippen LogP contribution is 2.31. The third-order valence-corrected chi connectivity index (χ3v) is 6.17. The van der Waals surface area contributed by atoms with Crippen LogP contribution < -0.4 is 4.74 Å². The van der Waals surface area contributed by atoms with Crippen molar-refractivity contribution < 1.29 is 9.53 Å². The Morgan fingerprint density at radius 2 is 1.79 bits per heavy atom. The van der Waals surface area contributed by atoms with Crippen LogP contribution in [0.1, 0.15) is 51.1 Å². The van der Waals surface area contributed by atoms with Crippen LogP contribution in [-0.2, 0) is 4.79 Å². The van der Waals surface area contributed by atoms with Gasteiger partial charge in [0.25, 0.3) is 0 Å². The molecule has 0 bridgehead atoms. The van der Waals surface area contributed by atoms with Crippen LogP contribution >= 0.6 is 0 Å². The van der Waals surface area contributed by atoms with Gasteiger partial charge < -0.3 is 19.1 Å². The van der Waals surface area contributed by atoms with E-state index in [0.717, 1.165) is 63.2 Å². The molecule has 2 fully saturated rings. The molecule has 150 valence electrons. The lowest BCUT2D eigenvalue weighted by molar-refractivity contribution is -0.118. The number of rotatable bonds is 6. The molecule has 0 radical (unpaired) electrons. The molecule has 1 atom stereocenters. The van der Waals surface area contributed by atoms with Gasteiger partial charge in [0.05, 0.1) is 6.04 Å². The highest BCUT2D eigenvalue weighted by Gasteiger charge is 2.25. The van der Waals surface area contributed by atoms with Crippen molar-refractivity contribution in [1.29, 1.82) is 0 Å². The van der Waals surface area contributed by atoms with Gasteiger partial charge in [0.1, 0.15) is 11.9 Å². The summed E-state index contributed by atoms with van der Waals surface area (Å²) >= 11 is 0. The van der Waals surface area contributed by atoms with Crippen LogP contribution in [0.3, 0.4) is 0 Å². The fourth-order valence-corrected chi connectivity index (χ4v) is 4.44. The fraction of sp³-hybridized carbons (Fsp3) is 0.522. The van der Waals surface area contributed by atoms with E-state index in [-0.39, 0.29) is 6.04 Å². The van der Waals surface area contributed by atoms with Gasteiger partial charge >= 0.3 is 0 Å². The molecule has 1 aromatic carbocycles. The Hall–Kier alpha value is -2.27. The van der Waals surface area contributed by atoms with Gasteiger partial charge in [-0.15, -0.1) is 0 Å². The highest BCUT2D eigenvalue weighted by atomic mass is 16.5.